The largest absolute Gasteiger partial charge is 0.243 e. The number of sulfone groups is 1. The standard InChI is InChI=1S/C11H21N2O2S/c1-3-5-9-16(14,15)10-8-13-7-6-12(4-2)11-13/h6-7,11H,3-5,8-10H2,1-2H3/q+1. The molecule has 1 heterocycles. The van der Waals surface area contributed by atoms with Gasteiger partial charge in [0.1, 0.15) is 18.9 Å². The van der Waals surface area contributed by atoms with Crippen LogP contribution in [0, 0.1) is 0 Å². The molecule has 0 bridgehead atoms. The topological polar surface area (TPSA) is 43.0 Å². The monoisotopic (exact) mass is 245 g/mol. The average molecular weight is 245 g/mol. The molecule has 1 rings (SSSR count). The molecular weight excluding hydrogens is 224 g/mol. The van der Waals surface area contributed by atoms with Gasteiger partial charge in [-0.1, -0.05) is 13.3 Å². The van der Waals surface area contributed by atoms with Crippen LogP contribution in [-0.4, -0.2) is 24.5 Å². The Morgan fingerprint density at radius 2 is 2.00 bits per heavy atom. The summed E-state index contributed by atoms with van der Waals surface area (Å²) in [5.41, 5.74) is 0. The van der Waals surface area contributed by atoms with E-state index in [9.17, 15) is 8.42 Å². The number of imidazole rings is 1. The molecule has 0 N–H and O–H groups in total. The molecule has 0 aliphatic heterocycles. The smallest absolute Gasteiger partial charge is 0.237 e. The lowest BCUT2D eigenvalue weighted by molar-refractivity contribution is -0.692. The van der Waals surface area contributed by atoms with Crippen molar-refractivity contribution in [3.8, 4) is 0 Å². The highest BCUT2D eigenvalue weighted by Crippen LogP contribution is 1.97. The predicted molar refractivity (Wildman–Crippen MR) is 63.9 cm³/mol. The number of unbranched alkanes of at least 4 members (excludes halogenated alkanes) is 1. The van der Waals surface area contributed by atoms with Crippen molar-refractivity contribution in [3.05, 3.63) is 18.7 Å². The van der Waals surface area contributed by atoms with Gasteiger partial charge in [0.15, 0.2) is 9.84 Å². The van der Waals surface area contributed by atoms with E-state index in [4.69, 9.17) is 0 Å². The summed E-state index contributed by atoms with van der Waals surface area (Å²) in [6, 6.07) is 0. The fraction of sp³-hybridized carbons (Fsp3) is 0.727. The lowest BCUT2D eigenvalue weighted by atomic mass is 10.4. The zero-order valence-corrected chi connectivity index (χ0v) is 10.9. The highest BCUT2D eigenvalue weighted by Gasteiger charge is 2.12. The zero-order chi connectivity index (χ0) is 12.0. The lowest BCUT2D eigenvalue weighted by Crippen LogP contribution is -2.35. The molecular formula is C11H21N2O2S+. The third-order valence-electron chi connectivity index (χ3n) is 2.58. The van der Waals surface area contributed by atoms with Crippen molar-refractivity contribution in [2.24, 2.45) is 0 Å². The van der Waals surface area contributed by atoms with E-state index in [0.717, 1.165) is 19.4 Å². The van der Waals surface area contributed by atoms with Crippen LogP contribution in [0.1, 0.15) is 26.7 Å². The Kier molecular flexibility index (Phi) is 4.99. The minimum atomic E-state index is -2.87. The molecule has 5 heteroatoms. The van der Waals surface area contributed by atoms with Crippen LogP contribution < -0.4 is 4.57 Å². The van der Waals surface area contributed by atoms with E-state index < -0.39 is 9.84 Å². The molecule has 0 saturated heterocycles. The summed E-state index contributed by atoms with van der Waals surface area (Å²) < 4.78 is 27.2. The average Bonchev–Trinajstić information content (AvgIpc) is 2.72. The molecule has 0 spiro atoms. The Morgan fingerprint density at radius 3 is 2.56 bits per heavy atom. The maximum absolute atomic E-state index is 11.6. The van der Waals surface area contributed by atoms with Gasteiger partial charge >= 0.3 is 0 Å². The molecule has 0 aliphatic carbocycles. The van der Waals surface area contributed by atoms with Crippen LogP contribution in [0.15, 0.2) is 18.7 Å². The molecule has 1 aromatic rings. The van der Waals surface area contributed by atoms with Crippen LogP contribution in [0.2, 0.25) is 0 Å². The quantitative estimate of drug-likeness (QED) is 0.673. The summed E-state index contributed by atoms with van der Waals surface area (Å²) >= 11 is 0. The summed E-state index contributed by atoms with van der Waals surface area (Å²) in [6.07, 6.45) is 7.51. The number of hydrogen-bond acceptors (Lipinski definition) is 2. The Balaban J connectivity index is 2.44. The molecule has 1 aromatic heterocycles. The van der Waals surface area contributed by atoms with Crippen LogP contribution in [-0.2, 0) is 22.9 Å². The fourth-order valence-corrected chi connectivity index (χ4v) is 2.89. The van der Waals surface area contributed by atoms with Gasteiger partial charge < -0.3 is 0 Å². The van der Waals surface area contributed by atoms with E-state index in [-0.39, 0.29) is 5.75 Å². The third-order valence-corrected chi connectivity index (χ3v) is 4.30. The number of rotatable bonds is 7. The summed E-state index contributed by atoms with van der Waals surface area (Å²) in [6.45, 7) is 5.53. The minimum absolute atomic E-state index is 0.241. The second kappa shape index (κ2) is 6.03. The first-order chi connectivity index (χ1) is 7.57. The fourth-order valence-electron chi connectivity index (χ4n) is 1.47. The zero-order valence-electron chi connectivity index (χ0n) is 10.1. The molecule has 0 atom stereocenters. The van der Waals surface area contributed by atoms with Crippen molar-refractivity contribution in [3.63, 3.8) is 0 Å². The molecule has 0 unspecified atom stereocenters. The third kappa shape index (κ3) is 4.35. The Morgan fingerprint density at radius 1 is 1.25 bits per heavy atom. The molecule has 0 fully saturated rings. The molecule has 0 saturated carbocycles. The first-order valence-corrected chi connectivity index (χ1v) is 7.64. The van der Waals surface area contributed by atoms with E-state index in [0.29, 0.717) is 12.3 Å². The van der Waals surface area contributed by atoms with Gasteiger partial charge in [0.2, 0.25) is 6.33 Å². The van der Waals surface area contributed by atoms with E-state index >= 15 is 0 Å². The van der Waals surface area contributed by atoms with Gasteiger partial charge in [0.25, 0.3) is 0 Å². The Labute approximate surface area is 97.8 Å². The highest BCUT2D eigenvalue weighted by atomic mass is 32.2. The van der Waals surface area contributed by atoms with Crippen LogP contribution in [0.25, 0.3) is 0 Å². The van der Waals surface area contributed by atoms with Crippen molar-refractivity contribution in [2.45, 2.75) is 39.8 Å². The van der Waals surface area contributed by atoms with Crippen molar-refractivity contribution in [2.75, 3.05) is 11.5 Å². The molecule has 4 nitrogen and oxygen atoms in total. The van der Waals surface area contributed by atoms with E-state index in [1.54, 1.807) is 0 Å². The van der Waals surface area contributed by atoms with E-state index in [2.05, 4.69) is 6.92 Å². The molecule has 0 aliphatic rings. The SMILES string of the molecule is CCCCS(=O)(=O)CC[n+]1ccn(CC)c1. The van der Waals surface area contributed by atoms with Crippen molar-refractivity contribution < 1.29 is 13.0 Å². The summed E-state index contributed by atoms with van der Waals surface area (Å²) in [5.74, 6) is 0.559. The van der Waals surface area contributed by atoms with Gasteiger partial charge in [-0.2, -0.15) is 0 Å². The van der Waals surface area contributed by atoms with Gasteiger partial charge in [-0.15, -0.1) is 0 Å². The van der Waals surface area contributed by atoms with Gasteiger partial charge in [0, 0.05) is 0 Å². The van der Waals surface area contributed by atoms with Crippen LogP contribution in [0.3, 0.4) is 0 Å². The van der Waals surface area contributed by atoms with E-state index in [1.807, 2.05) is 34.8 Å². The maximum atomic E-state index is 11.6. The van der Waals surface area contributed by atoms with Gasteiger partial charge in [-0.05, 0) is 13.3 Å². The van der Waals surface area contributed by atoms with Crippen LogP contribution >= 0.6 is 0 Å². The molecule has 0 aromatic carbocycles. The number of hydrogen-bond donors (Lipinski definition) is 0. The van der Waals surface area contributed by atoms with Crippen LogP contribution in [0.5, 0.6) is 0 Å². The lowest BCUT2D eigenvalue weighted by Gasteiger charge is -2.01. The molecule has 92 valence electrons. The first kappa shape index (κ1) is 13.2. The first-order valence-electron chi connectivity index (χ1n) is 5.82. The second-order valence-corrected chi connectivity index (χ2v) is 6.29. The molecule has 16 heavy (non-hydrogen) atoms. The Bertz CT molecular complexity index is 409. The summed E-state index contributed by atoms with van der Waals surface area (Å²) in [5, 5.41) is 0. The van der Waals surface area contributed by atoms with Crippen molar-refractivity contribution >= 4 is 9.84 Å². The second-order valence-electron chi connectivity index (χ2n) is 3.99. The van der Waals surface area contributed by atoms with Gasteiger partial charge in [0.05, 0.1) is 18.1 Å². The van der Waals surface area contributed by atoms with Crippen molar-refractivity contribution in [1.29, 1.82) is 0 Å². The summed E-state index contributed by atoms with van der Waals surface area (Å²) in [4.78, 5) is 0. The van der Waals surface area contributed by atoms with Crippen LogP contribution in [0.4, 0.5) is 0 Å². The maximum Gasteiger partial charge on any atom is 0.243 e. The minimum Gasteiger partial charge on any atom is -0.237 e. The normalized spacial score (nSPS) is 11.9. The summed E-state index contributed by atoms with van der Waals surface area (Å²) in [7, 11) is -2.87. The van der Waals surface area contributed by atoms with Gasteiger partial charge in [-0.3, -0.25) is 0 Å². The van der Waals surface area contributed by atoms with Gasteiger partial charge in [-0.25, -0.2) is 17.6 Å². The highest BCUT2D eigenvalue weighted by molar-refractivity contribution is 7.91. The predicted octanol–water partition coefficient (Wildman–Crippen LogP) is 1.01. The molecule has 0 amide bonds. The Hall–Kier alpha value is -0.840. The molecule has 0 radical (unpaired) electrons. The van der Waals surface area contributed by atoms with Crippen molar-refractivity contribution in [1.82, 2.24) is 4.57 Å². The number of nitrogens with zero attached hydrogens (tertiary/aromatic N) is 2. The number of aryl methyl sites for hydroxylation is 2. The van der Waals surface area contributed by atoms with E-state index in [1.165, 1.54) is 0 Å². The number of aromatic nitrogens is 2.